The van der Waals surface area contributed by atoms with Crippen molar-refractivity contribution in [2.75, 3.05) is 7.11 Å². The SMILES string of the molecule is COC(=O)c1ccc2nc(SCc3cc(C)no3)oc2c1. The van der Waals surface area contributed by atoms with Gasteiger partial charge in [-0.15, -0.1) is 0 Å². The Morgan fingerprint density at radius 2 is 2.24 bits per heavy atom. The lowest BCUT2D eigenvalue weighted by Gasteiger charge is -1.96. The molecule has 0 spiro atoms. The van der Waals surface area contributed by atoms with Gasteiger partial charge in [0.2, 0.25) is 0 Å². The number of methoxy groups -OCH3 is 1. The highest BCUT2D eigenvalue weighted by Crippen LogP contribution is 2.27. The molecular formula is C14H12N2O4S. The highest BCUT2D eigenvalue weighted by Gasteiger charge is 2.12. The van der Waals surface area contributed by atoms with Gasteiger partial charge in [0.05, 0.1) is 24.1 Å². The topological polar surface area (TPSA) is 78.4 Å². The van der Waals surface area contributed by atoms with E-state index < -0.39 is 5.97 Å². The fourth-order valence-electron chi connectivity index (χ4n) is 1.83. The van der Waals surface area contributed by atoms with Crippen LogP contribution in [0.25, 0.3) is 11.1 Å². The number of aryl methyl sites for hydroxylation is 1. The molecule has 0 amide bonds. The number of fused-ring (bicyclic) bond motifs is 1. The third-order valence-corrected chi connectivity index (χ3v) is 3.66. The number of ether oxygens (including phenoxy) is 1. The lowest BCUT2D eigenvalue weighted by atomic mass is 10.2. The van der Waals surface area contributed by atoms with Crippen molar-refractivity contribution in [2.45, 2.75) is 17.9 Å². The summed E-state index contributed by atoms with van der Waals surface area (Å²) in [6.45, 7) is 1.87. The van der Waals surface area contributed by atoms with E-state index in [1.165, 1.54) is 18.9 Å². The van der Waals surface area contributed by atoms with Gasteiger partial charge >= 0.3 is 5.97 Å². The Bertz CT molecular complexity index is 793. The van der Waals surface area contributed by atoms with Gasteiger partial charge in [-0.25, -0.2) is 9.78 Å². The summed E-state index contributed by atoms with van der Waals surface area (Å²) < 4.78 is 15.4. The van der Waals surface area contributed by atoms with E-state index in [1.807, 2.05) is 13.0 Å². The third kappa shape index (κ3) is 2.92. The van der Waals surface area contributed by atoms with Crippen molar-refractivity contribution in [1.82, 2.24) is 10.1 Å². The number of carbonyl (C=O) groups excluding carboxylic acids is 1. The largest absolute Gasteiger partial charge is 0.465 e. The van der Waals surface area contributed by atoms with E-state index >= 15 is 0 Å². The molecule has 0 bridgehead atoms. The maximum atomic E-state index is 11.5. The molecule has 3 aromatic rings. The molecule has 0 aliphatic carbocycles. The molecular weight excluding hydrogens is 292 g/mol. The quantitative estimate of drug-likeness (QED) is 0.541. The summed E-state index contributed by atoms with van der Waals surface area (Å²) in [5.41, 5.74) is 2.52. The van der Waals surface area contributed by atoms with Crippen LogP contribution >= 0.6 is 11.8 Å². The van der Waals surface area contributed by atoms with E-state index in [9.17, 15) is 4.79 Å². The molecule has 0 unspecified atom stereocenters. The van der Waals surface area contributed by atoms with E-state index in [0.29, 0.717) is 27.6 Å². The highest BCUT2D eigenvalue weighted by molar-refractivity contribution is 7.98. The number of nitrogens with zero attached hydrogens (tertiary/aromatic N) is 2. The summed E-state index contributed by atoms with van der Waals surface area (Å²) in [7, 11) is 1.34. The van der Waals surface area contributed by atoms with Gasteiger partial charge in [-0.3, -0.25) is 0 Å². The second-order valence-corrected chi connectivity index (χ2v) is 5.30. The van der Waals surface area contributed by atoms with Crippen LogP contribution in [0.2, 0.25) is 0 Å². The number of carbonyl (C=O) groups is 1. The number of aromatic nitrogens is 2. The van der Waals surface area contributed by atoms with Crippen LogP contribution in [0.4, 0.5) is 0 Å². The summed E-state index contributed by atoms with van der Waals surface area (Å²) in [6, 6.07) is 6.88. The number of esters is 1. The van der Waals surface area contributed by atoms with Gasteiger partial charge < -0.3 is 13.7 Å². The molecule has 0 radical (unpaired) electrons. The molecule has 6 nitrogen and oxygen atoms in total. The smallest absolute Gasteiger partial charge is 0.337 e. The van der Waals surface area contributed by atoms with Gasteiger partial charge in [-0.1, -0.05) is 16.9 Å². The predicted octanol–water partition coefficient (Wildman–Crippen LogP) is 3.20. The summed E-state index contributed by atoms with van der Waals surface area (Å²) in [6.07, 6.45) is 0. The van der Waals surface area contributed by atoms with Gasteiger partial charge in [-0.05, 0) is 25.1 Å². The Labute approximate surface area is 124 Å². The van der Waals surface area contributed by atoms with Crippen molar-refractivity contribution in [2.24, 2.45) is 0 Å². The van der Waals surface area contributed by atoms with Crippen LogP contribution in [0.3, 0.4) is 0 Å². The molecule has 2 heterocycles. The average Bonchev–Trinajstić information content (AvgIpc) is 3.08. The second-order valence-electron chi connectivity index (χ2n) is 4.38. The van der Waals surface area contributed by atoms with Gasteiger partial charge in [0, 0.05) is 6.07 Å². The Morgan fingerprint density at radius 3 is 2.95 bits per heavy atom. The minimum atomic E-state index is -0.403. The molecule has 108 valence electrons. The van der Waals surface area contributed by atoms with Crippen molar-refractivity contribution in [3.05, 3.63) is 41.3 Å². The van der Waals surface area contributed by atoms with Gasteiger partial charge in [-0.2, -0.15) is 0 Å². The molecule has 0 aliphatic heterocycles. The fourth-order valence-corrected chi connectivity index (χ4v) is 2.54. The van der Waals surface area contributed by atoms with Crippen molar-refractivity contribution < 1.29 is 18.5 Å². The van der Waals surface area contributed by atoms with E-state index in [0.717, 1.165) is 11.5 Å². The van der Waals surface area contributed by atoms with E-state index in [4.69, 9.17) is 8.94 Å². The first kappa shape index (κ1) is 13.7. The second kappa shape index (κ2) is 5.61. The van der Waals surface area contributed by atoms with Gasteiger partial charge in [0.1, 0.15) is 11.3 Å². The van der Waals surface area contributed by atoms with Gasteiger partial charge in [0.15, 0.2) is 5.58 Å². The number of hydrogen-bond donors (Lipinski definition) is 0. The zero-order chi connectivity index (χ0) is 14.8. The molecule has 0 fully saturated rings. The summed E-state index contributed by atoms with van der Waals surface area (Å²) >= 11 is 1.40. The van der Waals surface area contributed by atoms with Gasteiger partial charge in [0.25, 0.3) is 5.22 Å². The lowest BCUT2D eigenvalue weighted by Crippen LogP contribution is -2.00. The van der Waals surface area contributed by atoms with Crippen molar-refractivity contribution in [3.63, 3.8) is 0 Å². The first-order valence-corrected chi connectivity index (χ1v) is 7.18. The van der Waals surface area contributed by atoms with Crippen LogP contribution in [0.15, 0.2) is 38.4 Å². The Hall–Kier alpha value is -2.28. The van der Waals surface area contributed by atoms with Crippen LogP contribution in [0, 0.1) is 6.92 Å². The lowest BCUT2D eigenvalue weighted by molar-refractivity contribution is 0.0601. The fraction of sp³-hybridized carbons (Fsp3) is 0.214. The van der Waals surface area contributed by atoms with E-state index in [-0.39, 0.29) is 0 Å². The molecule has 0 aliphatic rings. The predicted molar refractivity (Wildman–Crippen MR) is 76.1 cm³/mol. The highest BCUT2D eigenvalue weighted by atomic mass is 32.2. The van der Waals surface area contributed by atoms with Crippen LogP contribution < -0.4 is 0 Å². The third-order valence-electron chi connectivity index (χ3n) is 2.80. The number of rotatable bonds is 4. The summed E-state index contributed by atoms with van der Waals surface area (Å²) in [5.74, 6) is 0.937. The Balaban J connectivity index is 1.79. The molecule has 0 saturated heterocycles. The first-order chi connectivity index (χ1) is 10.2. The Kier molecular flexibility index (Phi) is 3.66. The number of hydrogen-bond acceptors (Lipinski definition) is 7. The minimum Gasteiger partial charge on any atom is -0.465 e. The molecule has 0 N–H and O–H groups in total. The van der Waals surface area contributed by atoms with E-state index in [2.05, 4.69) is 14.9 Å². The van der Waals surface area contributed by atoms with Crippen LogP contribution in [-0.4, -0.2) is 23.2 Å². The maximum absolute atomic E-state index is 11.5. The zero-order valence-corrected chi connectivity index (χ0v) is 12.3. The molecule has 0 atom stereocenters. The number of thioether (sulfide) groups is 1. The number of oxazole rings is 1. The molecule has 1 aromatic carbocycles. The van der Waals surface area contributed by atoms with Crippen LogP contribution in [-0.2, 0) is 10.5 Å². The van der Waals surface area contributed by atoms with Crippen LogP contribution in [0.1, 0.15) is 21.8 Å². The monoisotopic (exact) mass is 304 g/mol. The normalized spacial score (nSPS) is 11.0. The van der Waals surface area contributed by atoms with Crippen molar-refractivity contribution in [3.8, 4) is 0 Å². The molecule has 3 rings (SSSR count). The molecule has 7 heteroatoms. The van der Waals surface area contributed by atoms with Crippen molar-refractivity contribution >= 4 is 28.8 Å². The molecule has 0 saturated carbocycles. The average molecular weight is 304 g/mol. The van der Waals surface area contributed by atoms with Crippen molar-refractivity contribution in [1.29, 1.82) is 0 Å². The molecule has 21 heavy (non-hydrogen) atoms. The zero-order valence-electron chi connectivity index (χ0n) is 11.5. The first-order valence-electron chi connectivity index (χ1n) is 6.19. The Morgan fingerprint density at radius 1 is 1.38 bits per heavy atom. The minimum absolute atomic E-state index is 0.403. The van der Waals surface area contributed by atoms with E-state index in [1.54, 1.807) is 18.2 Å². The van der Waals surface area contributed by atoms with Crippen LogP contribution in [0.5, 0.6) is 0 Å². The number of benzene rings is 1. The standard InChI is InChI=1S/C14H12N2O4S/c1-8-5-10(20-16-8)7-21-14-15-11-4-3-9(13(17)18-2)6-12(11)19-14/h3-6H,7H2,1-2H3. The summed E-state index contributed by atoms with van der Waals surface area (Å²) in [5, 5.41) is 4.34. The molecule has 2 aromatic heterocycles. The summed E-state index contributed by atoms with van der Waals surface area (Å²) in [4.78, 5) is 15.8. The maximum Gasteiger partial charge on any atom is 0.337 e.